The van der Waals surface area contributed by atoms with Gasteiger partial charge in [-0.15, -0.1) is 24.0 Å². The van der Waals surface area contributed by atoms with Crippen LogP contribution in [0.2, 0.25) is 0 Å². The van der Waals surface area contributed by atoms with Crippen LogP contribution in [0.25, 0.3) is 0 Å². The number of nitrogens with one attached hydrogen (secondary N) is 2. The van der Waals surface area contributed by atoms with Crippen LogP contribution in [0.1, 0.15) is 11.3 Å². The van der Waals surface area contributed by atoms with Gasteiger partial charge in [0.25, 0.3) is 0 Å². The fourth-order valence-electron chi connectivity index (χ4n) is 3.83. The summed E-state index contributed by atoms with van der Waals surface area (Å²) < 4.78 is 6.52. The molecule has 3 fully saturated rings. The number of benzene rings is 1. The lowest BCUT2D eigenvalue weighted by molar-refractivity contribution is 0.0154. The summed E-state index contributed by atoms with van der Waals surface area (Å²) in [7, 11) is 0. The Morgan fingerprint density at radius 3 is 2.55 bits per heavy atom. The SMILES string of the molecule is Brc1ccc(CN=C(NCCc2ccco2)NCC2CN3CCN2CC3)cc1.I. The number of halogens is 2. The van der Waals surface area contributed by atoms with Gasteiger partial charge in [-0.3, -0.25) is 9.80 Å². The molecule has 158 valence electrons. The van der Waals surface area contributed by atoms with E-state index in [9.17, 15) is 0 Å². The molecule has 0 amide bonds. The molecule has 3 aliphatic heterocycles. The Bertz CT molecular complexity index is 760. The van der Waals surface area contributed by atoms with Gasteiger partial charge >= 0.3 is 0 Å². The summed E-state index contributed by atoms with van der Waals surface area (Å²) in [6.45, 7) is 8.31. The molecule has 1 atom stereocenters. The molecule has 4 heterocycles. The van der Waals surface area contributed by atoms with Crippen molar-refractivity contribution in [2.45, 2.75) is 19.0 Å². The molecule has 1 aromatic carbocycles. The number of hydrogen-bond acceptors (Lipinski definition) is 4. The Hall–Kier alpha value is -1.10. The van der Waals surface area contributed by atoms with Gasteiger partial charge in [-0.05, 0) is 29.8 Å². The van der Waals surface area contributed by atoms with E-state index in [2.05, 4.69) is 60.6 Å². The summed E-state index contributed by atoms with van der Waals surface area (Å²) in [6, 6.07) is 12.8. The highest BCUT2D eigenvalue weighted by atomic mass is 127. The highest BCUT2D eigenvalue weighted by Crippen LogP contribution is 2.15. The van der Waals surface area contributed by atoms with Gasteiger partial charge in [0.15, 0.2) is 5.96 Å². The average Bonchev–Trinajstić information content (AvgIpc) is 3.25. The van der Waals surface area contributed by atoms with Crippen LogP contribution in [-0.2, 0) is 13.0 Å². The van der Waals surface area contributed by atoms with Crippen LogP contribution < -0.4 is 10.6 Å². The van der Waals surface area contributed by atoms with E-state index in [0.29, 0.717) is 12.6 Å². The van der Waals surface area contributed by atoms with E-state index in [1.165, 1.54) is 31.7 Å². The lowest BCUT2D eigenvalue weighted by Gasteiger charge is -2.47. The van der Waals surface area contributed by atoms with Crippen LogP contribution in [0.3, 0.4) is 0 Å². The number of guanidine groups is 1. The van der Waals surface area contributed by atoms with Crippen molar-refractivity contribution >= 4 is 45.9 Å². The topological polar surface area (TPSA) is 56.0 Å². The predicted molar refractivity (Wildman–Crippen MR) is 131 cm³/mol. The minimum absolute atomic E-state index is 0. The van der Waals surface area contributed by atoms with Crippen LogP contribution >= 0.6 is 39.9 Å². The van der Waals surface area contributed by atoms with Crippen molar-refractivity contribution in [2.75, 3.05) is 45.8 Å². The third-order valence-corrected chi connectivity index (χ3v) is 6.00. The van der Waals surface area contributed by atoms with Crippen molar-refractivity contribution in [1.29, 1.82) is 0 Å². The fourth-order valence-corrected chi connectivity index (χ4v) is 4.09. The van der Waals surface area contributed by atoms with Gasteiger partial charge in [0.2, 0.25) is 0 Å². The second-order valence-electron chi connectivity index (χ2n) is 7.42. The third kappa shape index (κ3) is 6.70. The van der Waals surface area contributed by atoms with Gasteiger partial charge in [0.05, 0.1) is 12.8 Å². The van der Waals surface area contributed by atoms with E-state index in [1.54, 1.807) is 6.26 Å². The van der Waals surface area contributed by atoms with Crippen LogP contribution in [0, 0.1) is 0 Å². The molecule has 1 aromatic heterocycles. The Balaban J connectivity index is 0.00000240. The largest absolute Gasteiger partial charge is 0.469 e. The van der Waals surface area contributed by atoms with Gasteiger partial charge in [0, 0.05) is 62.7 Å². The van der Waals surface area contributed by atoms with Crippen LogP contribution in [-0.4, -0.2) is 67.6 Å². The second kappa shape index (κ2) is 11.3. The van der Waals surface area contributed by atoms with E-state index in [1.807, 2.05) is 12.1 Å². The molecule has 2 N–H and O–H groups in total. The molecule has 0 aliphatic carbocycles. The first kappa shape index (κ1) is 22.6. The lowest BCUT2D eigenvalue weighted by Crippen LogP contribution is -2.63. The molecule has 5 rings (SSSR count). The number of nitrogens with zero attached hydrogens (tertiary/aromatic N) is 3. The maximum atomic E-state index is 5.43. The monoisotopic (exact) mass is 573 g/mol. The Morgan fingerprint density at radius 1 is 1.10 bits per heavy atom. The maximum Gasteiger partial charge on any atom is 0.191 e. The quantitative estimate of drug-likeness (QED) is 0.303. The molecule has 2 aromatic rings. The number of hydrogen-bond donors (Lipinski definition) is 2. The summed E-state index contributed by atoms with van der Waals surface area (Å²) in [5.41, 5.74) is 1.20. The smallest absolute Gasteiger partial charge is 0.191 e. The Morgan fingerprint density at radius 2 is 1.90 bits per heavy atom. The van der Waals surface area contributed by atoms with Crippen molar-refractivity contribution in [1.82, 2.24) is 20.4 Å². The molecule has 2 bridgehead atoms. The zero-order valence-electron chi connectivity index (χ0n) is 16.5. The molecule has 1 unspecified atom stereocenters. The summed E-state index contributed by atoms with van der Waals surface area (Å²) in [6.07, 6.45) is 2.56. The van der Waals surface area contributed by atoms with Crippen molar-refractivity contribution in [2.24, 2.45) is 4.99 Å². The molecule has 3 saturated heterocycles. The fraction of sp³-hybridized carbons (Fsp3) is 0.476. The Kier molecular flexibility index (Phi) is 8.83. The van der Waals surface area contributed by atoms with Crippen LogP contribution in [0.4, 0.5) is 0 Å². The number of furan rings is 1. The van der Waals surface area contributed by atoms with E-state index in [0.717, 1.165) is 42.2 Å². The number of aliphatic imine (C=N–C) groups is 1. The van der Waals surface area contributed by atoms with Crippen molar-refractivity contribution < 1.29 is 4.42 Å². The predicted octanol–water partition coefficient (Wildman–Crippen LogP) is 2.94. The molecule has 0 saturated carbocycles. The maximum absolute atomic E-state index is 5.43. The van der Waals surface area contributed by atoms with Gasteiger partial charge in [-0.1, -0.05) is 28.1 Å². The van der Waals surface area contributed by atoms with E-state index in [4.69, 9.17) is 9.41 Å². The first-order chi connectivity index (χ1) is 13.8. The normalized spacial score (nSPS) is 23.5. The molecular weight excluding hydrogens is 545 g/mol. The number of rotatable bonds is 7. The van der Waals surface area contributed by atoms with E-state index in [-0.39, 0.29) is 24.0 Å². The van der Waals surface area contributed by atoms with Crippen molar-refractivity contribution in [3.05, 3.63) is 58.5 Å². The van der Waals surface area contributed by atoms with Crippen molar-refractivity contribution in [3.63, 3.8) is 0 Å². The number of fused-ring (bicyclic) bond motifs is 3. The first-order valence-corrected chi connectivity index (χ1v) is 10.8. The van der Waals surface area contributed by atoms with E-state index < -0.39 is 0 Å². The summed E-state index contributed by atoms with van der Waals surface area (Å²) in [4.78, 5) is 9.97. The summed E-state index contributed by atoms with van der Waals surface area (Å²) >= 11 is 3.49. The van der Waals surface area contributed by atoms with Crippen molar-refractivity contribution in [3.8, 4) is 0 Å². The van der Waals surface area contributed by atoms with Crippen LogP contribution in [0.5, 0.6) is 0 Å². The molecule has 3 aliphatic rings. The molecular formula is C21H29BrIN5O. The standard InChI is InChI=1S/C21H28BrN5O.HI/c22-18-5-3-17(4-6-18)14-24-21(23-8-7-20-2-1-13-28-20)25-15-19-16-26-9-11-27(19)12-10-26;/h1-6,13,19H,7-12,14-16H2,(H2,23,24,25);1H. The summed E-state index contributed by atoms with van der Waals surface area (Å²) in [5, 5.41) is 7.03. The molecule has 0 radical (unpaired) electrons. The molecule has 29 heavy (non-hydrogen) atoms. The van der Waals surface area contributed by atoms with E-state index >= 15 is 0 Å². The molecule has 0 spiro atoms. The highest BCUT2D eigenvalue weighted by Gasteiger charge is 2.31. The minimum Gasteiger partial charge on any atom is -0.469 e. The zero-order chi connectivity index (χ0) is 19.2. The minimum atomic E-state index is 0. The zero-order valence-corrected chi connectivity index (χ0v) is 20.4. The number of piperazine rings is 3. The van der Waals surface area contributed by atoms with Gasteiger partial charge in [0.1, 0.15) is 5.76 Å². The highest BCUT2D eigenvalue weighted by molar-refractivity contribution is 14.0. The van der Waals surface area contributed by atoms with Gasteiger partial charge in [-0.25, -0.2) is 4.99 Å². The molecule has 8 heteroatoms. The first-order valence-electron chi connectivity index (χ1n) is 10.0. The molecule has 6 nitrogen and oxygen atoms in total. The van der Waals surface area contributed by atoms with Crippen LogP contribution in [0.15, 0.2) is 56.5 Å². The lowest BCUT2D eigenvalue weighted by atomic mass is 10.1. The summed E-state index contributed by atoms with van der Waals surface area (Å²) in [5.74, 6) is 1.86. The average molecular weight is 574 g/mol. The van der Waals surface area contributed by atoms with Gasteiger partial charge in [-0.2, -0.15) is 0 Å². The second-order valence-corrected chi connectivity index (χ2v) is 8.33. The Labute approximate surface area is 198 Å². The third-order valence-electron chi connectivity index (χ3n) is 5.47. The van der Waals surface area contributed by atoms with Gasteiger partial charge < -0.3 is 15.1 Å².